The molecule has 0 N–H and O–H groups in total. The zero-order chi connectivity index (χ0) is 10.4. The fraction of sp³-hybridized carbons (Fsp3) is 0.917. The Morgan fingerprint density at radius 2 is 2.07 bits per heavy atom. The van der Waals surface area contributed by atoms with Crippen LogP contribution in [0.4, 0.5) is 0 Å². The van der Waals surface area contributed by atoms with Crippen molar-refractivity contribution in [2.45, 2.75) is 52.4 Å². The van der Waals surface area contributed by atoms with E-state index in [1.54, 1.807) is 0 Å². The second-order valence-electron chi connectivity index (χ2n) is 4.20. The van der Waals surface area contributed by atoms with Gasteiger partial charge in [-0.25, -0.2) is 0 Å². The number of unbranched alkanes of at least 4 members (excludes halogenated alkanes) is 3. The first-order valence-electron chi connectivity index (χ1n) is 5.96. The van der Waals surface area contributed by atoms with Crippen LogP contribution in [0.3, 0.4) is 0 Å². The van der Waals surface area contributed by atoms with E-state index in [2.05, 4.69) is 6.92 Å². The highest BCUT2D eigenvalue weighted by atomic mass is 16.5. The number of esters is 1. The third kappa shape index (κ3) is 3.69. The van der Waals surface area contributed by atoms with Crippen molar-refractivity contribution in [1.29, 1.82) is 0 Å². The minimum absolute atomic E-state index is 0.0352. The highest BCUT2D eigenvalue weighted by Gasteiger charge is 2.43. The van der Waals surface area contributed by atoms with Gasteiger partial charge in [0, 0.05) is 0 Å². The molecule has 2 unspecified atom stereocenters. The van der Waals surface area contributed by atoms with Gasteiger partial charge in [0.2, 0.25) is 0 Å². The second-order valence-corrected chi connectivity index (χ2v) is 4.20. The van der Waals surface area contributed by atoms with Crippen LogP contribution in [-0.2, 0) is 9.53 Å². The quantitative estimate of drug-likeness (QED) is 0.464. The van der Waals surface area contributed by atoms with Gasteiger partial charge in [0.25, 0.3) is 0 Å². The molecule has 1 fully saturated rings. The fourth-order valence-electron chi connectivity index (χ4n) is 1.94. The molecule has 1 aliphatic rings. The molecule has 1 aliphatic carbocycles. The molecule has 0 spiro atoms. The predicted octanol–water partition coefficient (Wildman–Crippen LogP) is 3.16. The Labute approximate surface area is 87.0 Å². The molecule has 2 nitrogen and oxygen atoms in total. The largest absolute Gasteiger partial charge is 0.466 e. The first-order valence-corrected chi connectivity index (χ1v) is 5.96. The average Bonchev–Trinajstić information content (AvgIpc) is 2.92. The third-order valence-corrected chi connectivity index (χ3v) is 2.94. The molecule has 0 aliphatic heterocycles. The molecular weight excluding hydrogens is 176 g/mol. The average molecular weight is 198 g/mol. The molecule has 14 heavy (non-hydrogen) atoms. The normalized spacial score (nSPS) is 24.7. The van der Waals surface area contributed by atoms with Crippen LogP contribution < -0.4 is 0 Å². The summed E-state index contributed by atoms with van der Waals surface area (Å²) in [6.45, 7) is 4.62. The van der Waals surface area contributed by atoms with E-state index in [0.29, 0.717) is 12.5 Å². The molecule has 0 aromatic heterocycles. The minimum atomic E-state index is 0.0352. The highest BCUT2D eigenvalue weighted by molar-refractivity contribution is 5.75. The van der Waals surface area contributed by atoms with Crippen molar-refractivity contribution in [1.82, 2.24) is 0 Å². The molecule has 0 saturated heterocycles. The molecule has 0 amide bonds. The number of carbonyl (C=O) groups excluding carboxylic acids is 1. The lowest BCUT2D eigenvalue weighted by molar-refractivity contribution is -0.145. The molecule has 0 aromatic rings. The Morgan fingerprint density at radius 3 is 2.71 bits per heavy atom. The summed E-state index contributed by atoms with van der Waals surface area (Å²) < 4.78 is 4.98. The summed E-state index contributed by atoms with van der Waals surface area (Å²) in [7, 11) is 0. The lowest BCUT2D eigenvalue weighted by Gasteiger charge is -2.00. The smallest absolute Gasteiger partial charge is 0.309 e. The lowest BCUT2D eigenvalue weighted by Crippen LogP contribution is -2.07. The van der Waals surface area contributed by atoms with Gasteiger partial charge in [0.05, 0.1) is 12.5 Å². The van der Waals surface area contributed by atoms with Crippen LogP contribution in [-0.4, -0.2) is 12.6 Å². The van der Waals surface area contributed by atoms with Crippen molar-refractivity contribution in [3.63, 3.8) is 0 Å². The minimum Gasteiger partial charge on any atom is -0.466 e. The summed E-state index contributed by atoms with van der Waals surface area (Å²) in [4.78, 5) is 11.3. The van der Waals surface area contributed by atoms with E-state index in [9.17, 15) is 4.79 Å². The molecule has 0 bridgehead atoms. The second kappa shape index (κ2) is 6.05. The van der Waals surface area contributed by atoms with Crippen molar-refractivity contribution in [2.75, 3.05) is 6.61 Å². The van der Waals surface area contributed by atoms with Crippen molar-refractivity contribution in [2.24, 2.45) is 11.8 Å². The van der Waals surface area contributed by atoms with Gasteiger partial charge in [0.15, 0.2) is 0 Å². The number of carbonyl (C=O) groups is 1. The maximum absolute atomic E-state index is 11.3. The standard InChI is InChI=1S/C12H22O2/c1-3-5-6-7-8-10-9-11(10)12(13)14-4-2/h10-11H,3-9H2,1-2H3. The van der Waals surface area contributed by atoms with Gasteiger partial charge in [-0.05, 0) is 25.7 Å². The van der Waals surface area contributed by atoms with Gasteiger partial charge >= 0.3 is 5.97 Å². The van der Waals surface area contributed by atoms with Gasteiger partial charge in [-0.15, -0.1) is 0 Å². The van der Waals surface area contributed by atoms with Crippen molar-refractivity contribution in [3.8, 4) is 0 Å². The monoisotopic (exact) mass is 198 g/mol. The van der Waals surface area contributed by atoms with E-state index < -0.39 is 0 Å². The van der Waals surface area contributed by atoms with Crippen molar-refractivity contribution >= 4 is 5.97 Å². The van der Waals surface area contributed by atoms with Crippen LogP contribution in [0, 0.1) is 11.8 Å². The molecule has 0 heterocycles. The lowest BCUT2D eigenvalue weighted by atomic mass is 10.1. The first kappa shape index (κ1) is 11.5. The van der Waals surface area contributed by atoms with Crippen molar-refractivity contribution < 1.29 is 9.53 Å². The molecule has 0 aromatic carbocycles. The third-order valence-electron chi connectivity index (χ3n) is 2.94. The Kier molecular flexibility index (Phi) is 4.99. The molecule has 2 heteroatoms. The van der Waals surface area contributed by atoms with Gasteiger partial charge in [0.1, 0.15) is 0 Å². The number of hydrogen-bond donors (Lipinski definition) is 0. The SMILES string of the molecule is CCCCCCC1CC1C(=O)OCC. The maximum Gasteiger partial charge on any atom is 0.309 e. The van der Waals surface area contributed by atoms with Crippen LogP contribution in [0.5, 0.6) is 0 Å². The summed E-state index contributed by atoms with van der Waals surface area (Å²) in [5, 5.41) is 0. The van der Waals surface area contributed by atoms with E-state index in [-0.39, 0.29) is 11.9 Å². The van der Waals surface area contributed by atoms with E-state index in [1.807, 2.05) is 6.92 Å². The number of rotatable bonds is 7. The van der Waals surface area contributed by atoms with Gasteiger partial charge in [-0.3, -0.25) is 4.79 Å². The Bertz CT molecular complexity index is 177. The number of hydrogen-bond acceptors (Lipinski definition) is 2. The summed E-state index contributed by atoms with van der Waals surface area (Å²) in [6.07, 6.45) is 7.52. The Morgan fingerprint density at radius 1 is 1.29 bits per heavy atom. The van der Waals surface area contributed by atoms with Crippen LogP contribution in [0.2, 0.25) is 0 Å². The van der Waals surface area contributed by atoms with Gasteiger partial charge in [-0.1, -0.05) is 32.6 Å². The highest BCUT2D eigenvalue weighted by Crippen LogP contribution is 2.43. The predicted molar refractivity (Wildman–Crippen MR) is 57.0 cm³/mol. The Balaban J connectivity index is 1.99. The zero-order valence-electron chi connectivity index (χ0n) is 9.42. The summed E-state index contributed by atoms with van der Waals surface area (Å²) >= 11 is 0. The van der Waals surface area contributed by atoms with Crippen molar-refractivity contribution in [3.05, 3.63) is 0 Å². The van der Waals surface area contributed by atoms with E-state index >= 15 is 0 Å². The molecule has 0 radical (unpaired) electrons. The van der Waals surface area contributed by atoms with Crippen LogP contribution >= 0.6 is 0 Å². The number of ether oxygens (including phenoxy) is 1. The summed E-state index contributed by atoms with van der Waals surface area (Å²) in [5.74, 6) is 0.926. The van der Waals surface area contributed by atoms with E-state index in [4.69, 9.17) is 4.74 Å². The first-order chi connectivity index (χ1) is 6.79. The van der Waals surface area contributed by atoms with Crippen LogP contribution in [0.25, 0.3) is 0 Å². The fourth-order valence-corrected chi connectivity index (χ4v) is 1.94. The molecule has 1 saturated carbocycles. The maximum atomic E-state index is 11.3. The topological polar surface area (TPSA) is 26.3 Å². The Hall–Kier alpha value is -0.530. The van der Waals surface area contributed by atoms with Crippen LogP contribution in [0.15, 0.2) is 0 Å². The molecule has 2 atom stereocenters. The molecule has 82 valence electrons. The van der Waals surface area contributed by atoms with Crippen LogP contribution in [0.1, 0.15) is 52.4 Å². The zero-order valence-corrected chi connectivity index (χ0v) is 9.42. The van der Waals surface area contributed by atoms with E-state index in [1.165, 1.54) is 32.1 Å². The molecule has 1 rings (SSSR count). The molecular formula is C12H22O2. The summed E-state index contributed by atoms with van der Waals surface area (Å²) in [6, 6.07) is 0. The van der Waals surface area contributed by atoms with Gasteiger partial charge < -0.3 is 4.74 Å². The van der Waals surface area contributed by atoms with E-state index in [0.717, 1.165) is 6.42 Å². The summed E-state index contributed by atoms with van der Waals surface area (Å²) in [5.41, 5.74) is 0. The van der Waals surface area contributed by atoms with Gasteiger partial charge in [-0.2, -0.15) is 0 Å².